The van der Waals surface area contributed by atoms with Gasteiger partial charge in [-0.3, -0.25) is 9.71 Å². The Kier molecular flexibility index (Phi) is 3.62. The molecule has 0 aliphatic heterocycles. The van der Waals surface area contributed by atoms with E-state index in [9.17, 15) is 8.42 Å². The van der Waals surface area contributed by atoms with Crippen molar-refractivity contribution in [2.75, 3.05) is 4.72 Å². The van der Waals surface area contributed by atoms with Gasteiger partial charge in [0.15, 0.2) is 0 Å². The summed E-state index contributed by atoms with van der Waals surface area (Å²) in [5, 5.41) is 0. The van der Waals surface area contributed by atoms with E-state index in [2.05, 4.69) is 9.71 Å². The zero-order chi connectivity index (χ0) is 13.0. The number of hydrogen-bond acceptors (Lipinski definition) is 3. The second-order valence-electron chi connectivity index (χ2n) is 3.80. The van der Waals surface area contributed by atoms with Crippen LogP contribution in [0, 0.1) is 0 Å². The van der Waals surface area contributed by atoms with E-state index in [0.717, 1.165) is 12.0 Å². The molecule has 0 unspecified atom stereocenters. The molecule has 0 amide bonds. The van der Waals surface area contributed by atoms with Crippen LogP contribution in [0.15, 0.2) is 53.7 Å². The Morgan fingerprint density at radius 1 is 1.17 bits per heavy atom. The first-order valence-electron chi connectivity index (χ1n) is 5.64. The first-order valence-corrected chi connectivity index (χ1v) is 7.12. The highest BCUT2D eigenvalue weighted by molar-refractivity contribution is 7.92. The van der Waals surface area contributed by atoms with Crippen LogP contribution in [0.1, 0.15) is 12.5 Å². The van der Waals surface area contributed by atoms with Gasteiger partial charge >= 0.3 is 0 Å². The number of anilines is 1. The van der Waals surface area contributed by atoms with Crippen LogP contribution in [-0.2, 0) is 16.4 Å². The molecule has 94 valence electrons. The number of nitrogens with one attached hydrogen (secondary N) is 1. The lowest BCUT2D eigenvalue weighted by atomic mass is 10.1. The Bertz CT molecular complexity index is 624. The van der Waals surface area contributed by atoms with Gasteiger partial charge in [0.25, 0.3) is 10.0 Å². The standard InChI is InChI=1S/C13H14N2O2S/c1-2-11-6-3-4-8-13(11)15-18(16,17)12-7-5-9-14-10-12/h3-10,15H,2H2,1H3. The molecular formula is C13H14N2O2S. The van der Waals surface area contributed by atoms with Gasteiger partial charge < -0.3 is 0 Å². The van der Waals surface area contributed by atoms with Gasteiger partial charge in [-0.25, -0.2) is 8.42 Å². The molecule has 2 rings (SSSR count). The summed E-state index contributed by atoms with van der Waals surface area (Å²) in [6.45, 7) is 1.98. The Labute approximate surface area is 107 Å². The monoisotopic (exact) mass is 262 g/mol. The topological polar surface area (TPSA) is 59.1 Å². The summed E-state index contributed by atoms with van der Waals surface area (Å²) in [5.41, 5.74) is 1.58. The molecule has 5 heteroatoms. The molecule has 18 heavy (non-hydrogen) atoms. The maximum atomic E-state index is 12.1. The fourth-order valence-electron chi connectivity index (χ4n) is 1.64. The van der Waals surface area contributed by atoms with Crippen LogP contribution in [0.5, 0.6) is 0 Å². The Hall–Kier alpha value is -1.88. The summed E-state index contributed by atoms with van der Waals surface area (Å²) in [6, 6.07) is 10.5. The Morgan fingerprint density at radius 2 is 1.94 bits per heavy atom. The minimum Gasteiger partial charge on any atom is -0.279 e. The molecule has 1 heterocycles. The second-order valence-corrected chi connectivity index (χ2v) is 5.49. The SMILES string of the molecule is CCc1ccccc1NS(=O)(=O)c1cccnc1. The van der Waals surface area contributed by atoms with Gasteiger partial charge in [-0.15, -0.1) is 0 Å². The fourth-order valence-corrected chi connectivity index (χ4v) is 2.70. The molecule has 0 saturated heterocycles. The fraction of sp³-hybridized carbons (Fsp3) is 0.154. The molecule has 0 saturated carbocycles. The molecule has 2 aromatic rings. The molecule has 0 fully saturated rings. The molecule has 0 aliphatic carbocycles. The number of para-hydroxylation sites is 1. The third-order valence-electron chi connectivity index (χ3n) is 2.59. The average molecular weight is 262 g/mol. The number of aryl methyl sites for hydroxylation is 1. The number of nitrogens with zero attached hydrogens (tertiary/aromatic N) is 1. The summed E-state index contributed by atoms with van der Waals surface area (Å²) in [6.07, 6.45) is 3.64. The van der Waals surface area contributed by atoms with Gasteiger partial charge in [0.2, 0.25) is 0 Å². The van der Waals surface area contributed by atoms with Gasteiger partial charge in [0, 0.05) is 12.4 Å². The van der Waals surface area contributed by atoms with E-state index in [1.807, 2.05) is 19.1 Å². The van der Waals surface area contributed by atoms with Crippen LogP contribution in [0.3, 0.4) is 0 Å². The number of sulfonamides is 1. The average Bonchev–Trinajstić information content (AvgIpc) is 2.40. The normalized spacial score (nSPS) is 11.2. The van der Waals surface area contributed by atoms with Crippen LogP contribution in [0.4, 0.5) is 5.69 Å². The zero-order valence-corrected chi connectivity index (χ0v) is 10.8. The number of pyridine rings is 1. The van der Waals surface area contributed by atoms with E-state index in [1.165, 1.54) is 12.3 Å². The van der Waals surface area contributed by atoms with Crippen LogP contribution in [0.25, 0.3) is 0 Å². The van der Waals surface area contributed by atoms with Crippen molar-refractivity contribution in [3.05, 3.63) is 54.4 Å². The molecule has 0 spiro atoms. The van der Waals surface area contributed by atoms with Crippen LogP contribution >= 0.6 is 0 Å². The molecule has 0 bridgehead atoms. The molecule has 1 aromatic heterocycles. The lowest BCUT2D eigenvalue weighted by Crippen LogP contribution is -2.14. The highest BCUT2D eigenvalue weighted by Gasteiger charge is 2.15. The third kappa shape index (κ3) is 2.68. The van der Waals surface area contributed by atoms with Crippen molar-refractivity contribution in [2.24, 2.45) is 0 Å². The first-order chi connectivity index (χ1) is 8.63. The maximum absolute atomic E-state index is 12.1. The van der Waals surface area contributed by atoms with Gasteiger partial charge in [-0.1, -0.05) is 25.1 Å². The van der Waals surface area contributed by atoms with Crippen LogP contribution in [-0.4, -0.2) is 13.4 Å². The van der Waals surface area contributed by atoms with Crippen molar-refractivity contribution in [3.63, 3.8) is 0 Å². The van der Waals surface area contributed by atoms with Gasteiger partial charge in [0.05, 0.1) is 5.69 Å². The number of rotatable bonds is 4. The minimum atomic E-state index is -3.56. The number of hydrogen-bond donors (Lipinski definition) is 1. The van der Waals surface area contributed by atoms with Gasteiger partial charge in [0.1, 0.15) is 4.90 Å². The van der Waals surface area contributed by atoms with Crippen molar-refractivity contribution in [2.45, 2.75) is 18.2 Å². The maximum Gasteiger partial charge on any atom is 0.263 e. The van der Waals surface area contributed by atoms with Crippen LogP contribution < -0.4 is 4.72 Å². The quantitative estimate of drug-likeness (QED) is 0.920. The molecule has 0 radical (unpaired) electrons. The molecule has 0 atom stereocenters. The molecule has 1 aromatic carbocycles. The first kappa shape index (κ1) is 12.6. The minimum absolute atomic E-state index is 0.163. The van der Waals surface area contributed by atoms with Crippen molar-refractivity contribution >= 4 is 15.7 Å². The second kappa shape index (κ2) is 5.18. The Balaban J connectivity index is 2.34. The number of benzene rings is 1. The van der Waals surface area contributed by atoms with Crippen molar-refractivity contribution < 1.29 is 8.42 Å². The van der Waals surface area contributed by atoms with E-state index < -0.39 is 10.0 Å². The molecule has 0 aliphatic rings. The van der Waals surface area contributed by atoms with Crippen LogP contribution in [0.2, 0.25) is 0 Å². The largest absolute Gasteiger partial charge is 0.279 e. The lowest BCUT2D eigenvalue weighted by molar-refractivity contribution is 0.600. The highest BCUT2D eigenvalue weighted by atomic mass is 32.2. The predicted molar refractivity (Wildman–Crippen MR) is 70.9 cm³/mol. The Morgan fingerprint density at radius 3 is 2.61 bits per heavy atom. The third-order valence-corrected chi connectivity index (χ3v) is 3.94. The molecule has 4 nitrogen and oxygen atoms in total. The van der Waals surface area contributed by atoms with E-state index >= 15 is 0 Å². The summed E-state index contributed by atoms with van der Waals surface area (Å²) in [5.74, 6) is 0. The van der Waals surface area contributed by atoms with Crippen molar-refractivity contribution in [1.82, 2.24) is 4.98 Å². The highest BCUT2D eigenvalue weighted by Crippen LogP contribution is 2.19. The lowest BCUT2D eigenvalue weighted by Gasteiger charge is -2.11. The summed E-state index contributed by atoms with van der Waals surface area (Å²) in [4.78, 5) is 3.98. The van der Waals surface area contributed by atoms with Crippen molar-refractivity contribution in [1.29, 1.82) is 0 Å². The summed E-state index contributed by atoms with van der Waals surface area (Å²) >= 11 is 0. The van der Waals surface area contributed by atoms with E-state index in [4.69, 9.17) is 0 Å². The molecule has 1 N–H and O–H groups in total. The van der Waals surface area contributed by atoms with E-state index in [1.54, 1.807) is 24.4 Å². The predicted octanol–water partition coefficient (Wildman–Crippen LogP) is 2.44. The summed E-state index contributed by atoms with van der Waals surface area (Å²) < 4.78 is 26.8. The summed E-state index contributed by atoms with van der Waals surface area (Å²) in [7, 11) is -3.56. The van der Waals surface area contributed by atoms with Gasteiger partial charge in [-0.2, -0.15) is 0 Å². The smallest absolute Gasteiger partial charge is 0.263 e. The van der Waals surface area contributed by atoms with E-state index in [0.29, 0.717) is 5.69 Å². The molecular weight excluding hydrogens is 248 g/mol. The van der Waals surface area contributed by atoms with Crippen molar-refractivity contribution in [3.8, 4) is 0 Å². The number of aromatic nitrogens is 1. The zero-order valence-electron chi connectivity index (χ0n) is 10.00. The van der Waals surface area contributed by atoms with E-state index in [-0.39, 0.29) is 4.90 Å². The van der Waals surface area contributed by atoms with Gasteiger partial charge in [-0.05, 0) is 30.2 Å².